The Labute approximate surface area is 179 Å². The molecule has 10 heteroatoms. The quantitative estimate of drug-likeness (QED) is 0.668. The second kappa shape index (κ2) is 9.20. The lowest BCUT2D eigenvalue weighted by Crippen LogP contribution is -2.31. The molecule has 1 amide bonds. The van der Waals surface area contributed by atoms with Gasteiger partial charge in [0.1, 0.15) is 19.0 Å². The average Bonchev–Trinajstić information content (AvgIpc) is 2.67. The molecule has 3 rings (SSSR count). The molecule has 2 aromatic carbocycles. The lowest BCUT2D eigenvalue weighted by molar-refractivity contribution is 0.0950. The first-order valence-electron chi connectivity index (χ1n) is 9.35. The maximum Gasteiger partial charge on any atom is 0.254 e. The summed E-state index contributed by atoms with van der Waals surface area (Å²) in [6.07, 6.45) is 0.413. The smallest absolute Gasteiger partial charge is 0.254 e. The van der Waals surface area contributed by atoms with Gasteiger partial charge in [0.2, 0.25) is 10.0 Å². The number of hydrogen-bond acceptors (Lipinski definition) is 5. The van der Waals surface area contributed by atoms with Gasteiger partial charge >= 0.3 is 0 Å². The molecule has 7 nitrogen and oxygen atoms in total. The highest BCUT2D eigenvalue weighted by Gasteiger charge is 2.20. The molecule has 0 spiro atoms. The van der Waals surface area contributed by atoms with Crippen LogP contribution in [-0.4, -0.2) is 40.1 Å². The third-order valence-corrected chi connectivity index (χ3v) is 6.18. The van der Waals surface area contributed by atoms with Crippen LogP contribution >= 0.6 is 11.6 Å². The van der Waals surface area contributed by atoms with Crippen molar-refractivity contribution in [1.82, 2.24) is 10.0 Å². The Balaban J connectivity index is 1.68. The van der Waals surface area contributed by atoms with Crippen LogP contribution in [-0.2, 0) is 16.4 Å². The number of ether oxygens (including phenoxy) is 2. The van der Waals surface area contributed by atoms with Crippen LogP contribution in [0, 0.1) is 5.82 Å². The van der Waals surface area contributed by atoms with Crippen molar-refractivity contribution in [2.75, 3.05) is 19.8 Å². The van der Waals surface area contributed by atoms with Gasteiger partial charge in [-0.2, -0.15) is 0 Å². The van der Waals surface area contributed by atoms with E-state index in [0.29, 0.717) is 36.2 Å². The maximum absolute atomic E-state index is 14.1. The first-order chi connectivity index (χ1) is 14.2. The lowest BCUT2D eigenvalue weighted by atomic mass is 10.1. The number of halogens is 2. The zero-order chi connectivity index (χ0) is 21.9. The fourth-order valence-electron chi connectivity index (χ4n) is 2.95. The molecule has 30 heavy (non-hydrogen) atoms. The summed E-state index contributed by atoms with van der Waals surface area (Å²) in [5, 5.41) is 3.01. The second-order valence-electron chi connectivity index (χ2n) is 7.03. The predicted octanol–water partition coefficient (Wildman–Crippen LogP) is 2.91. The number of nitrogens with one attached hydrogen (secondary N) is 2. The van der Waals surface area contributed by atoms with Gasteiger partial charge in [-0.3, -0.25) is 4.79 Å². The van der Waals surface area contributed by atoms with Gasteiger partial charge in [0.05, 0.1) is 15.5 Å². The van der Waals surface area contributed by atoms with Crippen LogP contribution in [0.3, 0.4) is 0 Å². The van der Waals surface area contributed by atoms with Gasteiger partial charge in [0, 0.05) is 12.6 Å². The van der Waals surface area contributed by atoms with Crippen LogP contribution in [0.5, 0.6) is 11.5 Å². The van der Waals surface area contributed by atoms with Crippen LogP contribution in [0.15, 0.2) is 35.2 Å². The molecule has 0 saturated heterocycles. The number of carbonyl (C=O) groups excluding carboxylic acids is 1. The van der Waals surface area contributed by atoms with Gasteiger partial charge < -0.3 is 14.8 Å². The molecule has 0 saturated carbocycles. The summed E-state index contributed by atoms with van der Waals surface area (Å²) >= 11 is 6.20. The number of sulfonamides is 1. The Morgan fingerprint density at radius 3 is 2.67 bits per heavy atom. The second-order valence-corrected chi connectivity index (χ2v) is 9.15. The van der Waals surface area contributed by atoms with E-state index in [4.69, 9.17) is 21.1 Å². The highest BCUT2D eigenvalue weighted by Crippen LogP contribution is 2.38. The van der Waals surface area contributed by atoms with Gasteiger partial charge in [-0.05, 0) is 56.2 Å². The highest BCUT2D eigenvalue weighted by atomic mass is 35.5. The Hall–Kier alpha value is -2.36. The third kappa shape index (κ3) is 5.21. The molecule has 0 aromatic heterocycles. The highest BCUT2D eigenvalue weighted by molar-refractivity contribution is 7.89. The predicted molar refractivity (Wildman–Crippen MR) is 110 cm³/mol. The molecule has 2 N–H and O–H groups in total. The third-order valence-electron chi connectivity index (χ3n) is 4.24. The Morgan fingerprint density at radius 2 is 1.93 bits per heavy atom. The van der Waals surface area contributed by atoms with Crippen molar-refractivity contribution in [3.05, 3.63) is 52.3 Å². The number of benzene rings is 2. The van der Waals surface area contributed by atoms with Crippen LogP contribution in [0.2, 0.25) is 5.02 Å². The molecule has 0 fully saturated rings. The van der Waals surface area contributed by atoms with E-state index in [9.17, 15) is 17.6 Å². The van der Waals surface area contributed by atoms with E-state index in [1.165, 1.54) is 0 Å². The standard InChI is InChI=1S/C20H22ClFN2O5S/c1-12(2)24-30(26,27)14-3-4-17(22)15(11-14)20(25)23-6-5-13-9-16(21)19-18(10-13)28-7-8-29-19/h3-4,9-12,24H,5-8H2,1-2H3,(H,23,25). The molecule has 0 aliphatic carbocycles. The number of hydrogen-bond donors (Lipinski definition) is 2. The summed E-state index contributed by atoms with van der Waals surface area (Å²) < 4.78 is 52.1. The SMILES string of the molecule is CC(C)NS(=O)(=O)c1ccc(F)c(C(=O)NCCc2cc(Cl)c3c(c2)OCCO3)c1. The Morgan fingerprint density at radius 1 is 1.20 bits per heavy atom. The van der Waals surface area contributed by atoms with Crippen LogP contribution < -0.4 is 19.5 Å². The van der Waals surface area contributed by atoms with Gasteiger partial charge in [-0.15, -0.1) is 0 Å². The molecule has 0 unspecified atom stereocenters. The minimum absolute atomic E-state index is 0.179. The molecule has 1 aliphatic rings. The summed E-state index contributed by atoms with van der Waals surface area (Å²) in [5.41, 5.74) is 0.462. The van der Waals surface area contributed by atoms with Crippen molar-refractivity contribution in [2.45, 2.75) is 31.2 Å². The number of rotatable bonds is 7. The fourth-order valence-corrected chi connectivity index (χ4v) is 4.51. The summed E-state index contributed by atoms with van der Waals surface area (Å²) in [7, 11) is -3.85. The van der Waals surface area contributed by atoms with Gasteiger partial charge in [-0.1, -0.05) is 11.6 Å². The molecule has 0 bridgehead atoms. The molecule has 0 atom stereocenters. The molecular weight excluding hydrogens is 435 g/mol. The molecular formula is C20H22ClFN2O5S. The minimum atomic E-state index is -3.85. The monoisotopic (exact) mass is 456 g/mol. The normalized spacial score (nSPS) is 13.4. The van der Waals surface area contributed by atoms with Crippen molar-refractivity contribution in [2.24, 2.45) is 0 Å². The summed E-state index contributed by atoms with van der Waals surface area (Å²) in [4.78, 5) is 12.2. The van der Waals surface area contributed by atoms with E-state index in [1.807, 2.05) is 0 Å². The van der Waals surface area contributed by atoms with Gasteiger partial charge in [0.25, 0.3) is 5.91 Å². The number of amides is 1. The Kier molecular flexibility index (Phi) is 6.84. The van der Waals surface area contributed by atoms with Crippen molar-refractivity contribution >= 4 is 27.5 Å². The van der Waals surface area contributed by atoms with Crippen molar-refractivity contribution in [3.8, 4) is 11.5 Å². The summed E-state index contributed by atoms with van der Waals surface area (Å²) in [6.45, 7) is 4.37. The summed E-state index contributed by atoms with van der Waals surface area (Å²) in [6, 6.07) is 6.26. The van der Waals surface area contributed by atoms with E-state index in [1.54, 1.807) is 26.0 Å². The zero-order valence-electron chi connectivity index (χ0n) is 16.5. The molecule has 1 aliphatic heterocycles. The van der Waals surface area contributed by atoms with E-state index in [2.05, 4.69) is 10.0 Å². The zero-order valence-corrected chi connectivity index (χ0v) is 18.1. The van der Waals surface area contributed by atoms with E-state index >= 15 is 0 Å². The molecule has 1 heterocycles. The van der Waals surface area contributed by atoms with Crippen molar-refractivity contribution in [3.63, 3.8) is 0 Å². The average molecular weight is 457 g/mol. The summed E-state index contributed by atoms with van der Waals surface area (Å²) in [5.74, 6) is -0.487. The molecule has 0 radical (unpaired) electrons. The number of fused-ring (bicyclic) bond motifs is 1. The lowest BCUT2D eigenvalue weighted by Gasteiger charge is -2.20. The van der Waals surface area contributed by atoms with Crippen LogP contribution in [0.25, 0.3) is 0 Å². The number of carbonyl (C=O) groups is 1. The van der Waals surface area contributed by atoms with Crippen molar-refractivity contribution < 1.29 is 27.1 Å². The van der Waals surface area contributed by atoms with Crippen LogP contribution in [0.1, 0.15) is 29.8 Å². The minimum Gasteiger partial charge on any atom is -0.486 e. The maximum atomic E-state index is 14.1. The van der Waals surface area contributed by atoms with E-state index < -0.39 is 21.7 Å². The van der Waals surface area contributed by atoms with E-state index in [0.717, 1.165) is 23.8 Å². The molecule has 2 aromatic rings. The van der Waals surface area contributed by atoms with Crippen molar-refractivity contribution in [1.29, 1.82) is 0 Å². The topological polar surface area (TPSA) is 93.7 Å². The first-order valence-corrected chi connectivity index (χ1v) is 11.2. The van der Waals surface area contributed by atoms with Gasteiger partial charge in [0.15, 0.2) is 11.5 Å². The Bertz CT molecular complexity index is 1060. The molecule has 162 valence electrons. The van der Waals surface area contributed by atoms with Crippen LogP contribution in [0.4, 0.5) is 4.39 Å². The fraction of sp³-hybridized carbons (Fsp3) is 0.350. The largest absolute Gasteiger partial charge is 0.486 e. The van der Waals surface area contributed by atoms with E-state index in [-0.39, 0.29) is 23.0 Å². The first kappa shape index (κ1) is 22.3. The van der Waals surface area contributed by atoms with Gasteiger partial charge in [-0.25, -0.2) is 17.5 Å².